The molecule has 0 aromatic heterocycles. The van der Waals surface area contributed by atoms with Crippen LogP contribution in [0.25, 0.3) is 0 Å². The fraction of sp³-hybridized carbons (Fsp3) is 1.00. The van der Waals surface area contributed by atoms with Crippen LogP contribution in [0.5, 0.6) is 0 Å². The van der Waals surface area contributed by atoms with Crippen LogP contribution < -0.4 is 17.2 Å². The Labute approximate surface area is 101 Å². The van der Waals surface area contributed by atoms with Crippen LogP contribution in [0, 0.1) is 5.92 Å². The van der Waals surface area contributed by atoms with Gasteiger partial charge in [-0.05, 0) is 57.7 Å². The van der Waals surface area contributed by atoms with Gasteiger partial charge in [-0.15, -0.1) is 0 Å². The molecule has 0 aliphatic heterocycles. The Kier molecular flexibility index (Phi) is 12.9. The molecule has 3 heteroatoms. The van der Waals surface area contributed by atoms with Crippen LogP contribution in [-0.2, 0) is 0 Å². The van der Waals surface area contributed by atoms with Crippen LogP contribution in [0.2, 0.25) is 0 Å². The molecule has 0 saturated heterocycles. The van der Waals surface area contributed by atoms with Gasteiger partial charge in [0.25, 0.3) is 0 Å². The standard InChI is InChI=1S/C13H31N3/c14-10-4-2-1-3-7-13(8-5-11-15)9-6-12-16/h13H,1-12,14-16H2. The quantitative estimate of drug-likeness (QED) is 0.448. The first-order valence-corrected chi connectivity index (χ1v) is 6.95. The molecule has 0 aliphatic rings. The maximum atomic E-state index is 5.56. The molecule has 6 N–H and O–H groups in total. The maximum Gasteiger partial charge on any atom is -0.00772 e. The number of unbranched alkanes of at least 4 members (excludes halogenated alkanes) is 3. The smallest absolute Gasteiger partial charge is 0.00772 e. The zero-order chi connectivity index (χ0) is 12.1. The van der Waals surface area contributed by atoms with Crippen molar-refractivity contribution in [1.82, 2.24) is 0 Å². The topological polar surface area (TPSA) is 78.1 Å². The Balaban J connectivity index is 3.48. The molecule has 0 spiro atoms. The van der Waals surface area contributed by atoms with Crippen molar-refractivity contribution < 1.29 is 0 Å². The van der Waals surface area contributed by atoms with Gasteiger partial charge in [-0.3, -0.25) is 0 Å². The Morgan fingerprint density at radius 3 is 1.44 bits per heavy atom. The van der Waals surface area contributed by atoms with Crippen molar-refractivity contribution in [3.8, 4) is 0 Å². The van der Waals surface area contributed by atoms with Crippen molar-refractivity contribution in [3.05, 3.63) is 0 Å². The van der Waals surface area contributed by atoms with E-state index in [2.05, 4.69) is 0 Å². The SMILES string of the molecule is NCCCCCCC(CCCN)CCCN. The highest BCUT2D eigenvalue weighted by Gasteiger charge is 2.07. The molecule has 0 unspecified atom stereocenters. The predicted molar refractivity (Wildman–Crippen MR) is 72.2 cm³/mol. The van der Waals surface area contributed by atoms with Crippen LogP contribution >= 0.6 is 0 Å². The summed E-state index contributed by atoms with van der Waals surface area (Å²) in [6, 6.07) is 0. The van der Waals surface area contributed by atoms with E-state index in [0.717, 1.165) is 38.4 Å². The van der Waals surface area contributed by atoms with E-state index in [4.69, 9.17) is 17.2 Å². The monoisotopic (exact) mass is 229 g/mol. The Morgan fingerprint density at radius 1 is 0.500 bits per heavy atom. The van der Waals surface area contributed by atoms with Crippen molar-refractivity contribution in [2.24, 2.45) is 23.1 Å². The second-order valence-electron chi connectivity index (χ2n) is 4.72. The lowest BCUT2D eigenvalue weighted by Crippen LogP contribution is -2.08. The summed E-state index contributed by atoms with van der Waals surface area (Å²) in [5.41, 5.74) is 16.6. The van der Waals surface area contributed by atoms with Gasteiger partial charge in [-0.25, -0.2) is 0 Å². The number of hydrogen-bond acceptors (Lipinski definition) is 3. The van der Waals surface area contributed by atoms with Gasteiger partial charge in [-0.2, -0.15) is 0 Å². The summed E-state index contributed by atoms with van der Waals surface area (Å²) in [7, 11) is 0. The third-order valence-corrected chi connectivity index (χ3v) is 3.20. The van der Waals surface area contributed by atoms with Crippen molar-refractivity contribution in [2.45, 2.75) is 57.8 Å². The first kappa shape index (κ1) is 15.9. The third-order valence-electron chi connectivity index (χ3n) is 3.20. The van der Waals surface area contributed by atoms with E-state index in [1.54, 1.807) is 0 Å². The maximum absolute atomic E-state index is 5.56. The van der Waals surface area contributed by atoms with Gasteiger partial charge >= 0.3 is 0 Å². The second kappa shape index (κ2) is 12.9. The minimum Gasteiger partial charge on any atom is -0.330 e. The summed E-state index contributed by atoms with van der Waals surface area (Å²) in [5, 5.41) is 0. The van der Waals surface area contributed by atoms with Gasteiger partial charge in [0, 0.05) is 0 Å². The minimum absolute atomic E-state index is 0.826. The minimum atomic E-state index is 0.826. The molecule has 0 rings (SSSR count). The fourth-order valence-electron chi connectivity index (χ4n) is 2.18. The summed E-state index contributed by atoms with van der Waals surface area (Å²) in [6.45, 7) is 2.49. The molecule has 3 nitrogen and oxygen atoms in total. The average molecular weight is 229 g/mol. The number of hydrogen-bond donors (Lipinski definition) is 3. The Bertz CT molecular complexity index is 120. The molecule has 0 radical (unpaired) electrons. The predicted octanol–water partition coefficient (Wildman–Crippen LogP) is 1.99. The van der Waals surface area contributed by atoms with Crippen molar-refractivity contribution >= 4 is 0 Å². The van der Waals surface area contributed by atoms with Crippen molar-refractivity contribution in [1.29, 1.82) is 0 Å². The largest absolute Gasteiger partial charge is 0.330 e. The van der Waals surface area contributed by atoms with E-state index in [1.807, 2.05) is 0 Å². The van der Waals surface area contributed by atoms with E-state index in [0.29, 0.717) is 0 Å². The third kappa shape index (κ3) is 10.4. The molecule has 0 atom stereocenters. The molecule has 0 aliphatic carbocycles. The van der Waals surface area contributed by atoms with Gasteiger partial charge < -0.3 is 17.2 Å². The summed E-state index contributed by atoms with van der Waals surface area (Å²) in [5.74, 6) is 0.852. The van der Waals surface area contributed by atoms with Crippen molar-refractivity contribution in [2.75, 3.05) is 19.6 Å². The van der Waals surface area contributed by atoms with E-state index in [9.17, 15) is 0 Å². The highest BCUT2D eigenvalue weighted by Crippen LogP contribution is 2.20. The van der Waals surface area contributed by atoms with Gasteiger partial charge in [-0.1, -0.05) is 25.7 Å². The fourth-order valence-corrected chi connectivity index (χ4v) is 2.18. The van der Waals surface area contributed by atoms with Crippen LogP contribution in [0.15, 0.2) is 0 Å². The molecule has 0 saturated carbocycles. The first-order chi connectivity index (χ1) is 7.85. The van der Waals surface area contributed by atoms with Crippen LogP contribution in [0.1, 0.15) is 57.8 Å². The normalized spacial score (nSPS) is 11.2. The van der Waals surface area contributed by atoms with E-state index < -0.39 is 0 Å². The molecule has 0 amide bonds. The second-order valence-corrected chi connectivity index (χ2v) is 4.72. The zero-order valence-electron chi connectivity index (χ0n) is 10.8. The summed E-state index contributed by atoms with van der Waals surface area (Å²) in [4.78, 5) is 0. The number of rotatable bonds is 12. The average Bonchev–Trinajstić information content (AvgIpc) is 2.31. The van der Waals surface area contributed by atoms with E-state index in [1.165, 1.54) is 44.9 Å². The zero-order valence-corrected chi connectivity index (χ0v) is 10.8. The number of nitrogens with two attached hydrogens (primary N) is 3. The van der Waals surface area contributed by atoms with E-state index >= 15 is 0 Å². The van der Waals surface area contributed by atoms with Gasteiger partial charge in [0.05, 0.1) is 0 Å². The highest BCUT2D eigenvalue weighted by atomic mass is 14.5. The van der Waals surface area contributed by atoms with Gasteiger partial charge in [0.1, 0.15) is 0 Å². The summed E-state index contributed by atoms with van der Waals surface area (Å²) < 4.78 is 0. The molecule has 0 aromatic rings. The Hall–Kier alpha value is -0.120. The lowest BCUT2D eigenvalue weighted by molar-refractivity contribution is 0.384. The van der Waals surface area contributed by atoms with Crippen LogP contribution in [-0.4, -0.2) is 19.6 Å². The summed E-state index contributed by atoms with van der Waals surface area (Å²) >= 11 is 0. The first-order valence-electron chi connectivity index (χ1n) is 6.95. The highest BCUT2D eigenvalue weighted by molar-refractivity contribution is 4.61. The molecule has 0 fully saturated rings. The van der Waals surface area contributed by atoms with Crippen LogP contribution in [0.3, 0.4) is 0 Å². The van der Waals surface area contributed by atoms with Gasteiger partial charge in [0.2, 0.25) is 0 Å². The van der Waals surface area contributed by atoms with Crippen molar-refractivity contribution in [3.63, 3.8) is 0 Å². The molecular formula is C13H31N3. The molecule has 98 valence electrons. The lowest BCUT2D eigenvalue weighted by Gasteiger charge is -2.15. The Morgan fingerprint density at radius 2 is 0.938 bits per heavy atom. The van der Waals surface area contributed by atoms with Gasteiger partial charge in [0.15, 0.2) is 0 Å². The molecule has 16 heavy (non-hydrogen) atoms. The lowest BCUT2D eigenvalue weighted by atomic mass is 9.91. The molecule has 0 aromatic carbocycles. The summed E-state index contributed by atoms with van der Waals surface area (Å²) in [6.07, 6.45) is 11.4. The molecule has 0 bridgehead atoms. The molecular weight excluding hydrogens is 198 g/mol. The van der Waals surface area contributed by atoms with E-state index in [-0.39, 0.29) is 0 Å². The van der Waals surface area contributed by atoms with Crippen LogP contribution in [0.4, 0.5) is 0 Å². The molecule has 0 heterocycles.